The third-order valence-electron chi connectivity index (χ3n) is 3.43. The highest BCUT2D eigenvalue weighted by atomic mass is 35.5. The van der Waals surface area contributed by atoms with E-state index < -0.39 is 11.5 Å². The van der Waals surface area contributed by atoms with Crippen molar-refractivity contribution in [3.8, 4) is 17.5 Å². The van der Waals surface area contributed by atoms with Crippen LogP contribution in [0.4, 0.5) is 5.69 Å². The number of benzene rings is 2. The summed E-state index contributed by atoms with van der Waals surface area (Å²) in [5, 5.41) is 11.9. The molecule has 25 heavy (non-hydrogen) atoms. The van der Waals surface area contributed by atoms with Crippen molar-refractivity contribution in [2.24, 2.45) is 0 Å². The molecule has 0 saturated heterocycles. The zero-order valence-electron chi connectivity index (χ0n) is 12.8. The van der Waals surface area contributed by atoms with Gasteiger partial charge in [0, 0.05) is 22.5 Å². The molecule has 2 aromatic carbocycles. The largest absolute Gasteiger partial charge is 0.322 e. The second-order valence-corrected chi connectivity index (χ2v) is 5.56. The predicted molar refractivity (Wildman–Crippen MR) is 94.4 cm³/mol. The highest BCUT2D eigenvalue weighted by Gasteiger charge is 2.13. The van der Waals surface area contributed by atoms with E-state index in [-0.39, 0.29) is 5.56 Å². The van der Waals surface area contributed by atoms with Gasteiger partial charge in [-0.1, -0.05) is 11.6 Å². The van der Waals surface area contributed by atoms with Crippen molar-refractivity contribution in [3.05, 3.63) is 81.2 Å². The van der Waals surface area contributed by atoms with Gasteiger partial charge in [-0.05, 0) is 48.5 Å². The highest BCUT2D eigenvalue weighted by molar-refractivity contribution is 6.30. The van der Waals surface area contributed by atoms with Gasteiger partial charge in [0.15, 0.2) is 0 Å². The molecule has 1 aromatic heterocycles. The van der Waals surface area contributed by atoms with Crippen LogP contribution >= 0.6 is 11.6 Å². The smallest absolute Gasteiger partial charge is 0.264 e. The number of hydrogen-bond donors (Lipinski definition) is 2. The first kappa shape index (κ1) is 16.4. The minimum absolute atomic E-state index is 0.109. The van der Waals surface area contributed by atoms with Crippen LogP contribution in [0.25, 0.3) is 11.4 Å². The lowest BCUT2D eigenvalue weighted by Crippen LogP contribution is -2.24. The normalized spacial score (nSPS) is 10.1. The molecule has 0 atom stereocenters. The molecular weight excluding hydrogens is 340 g/mol. The molecule has 0 radical (unpaired) electrons. The molecule has 0 aliphatic rings. The van der Waals surface area contributed by atoms with E-state index in [1.165, 1.54) is 6.20 Å². The topological polar surface area (TPSA) is 98.6 Å². The molecule has 0 aliphatic carbocycles. The van der Waals surface area contributed by atoms with Gasteiger partial charge < -0.3 is 10.3 Å². The minimum atomic E-state index is -0.582. The third-order valence-corrected chi connectivity index (χ3v) is 3.69. The number of H-pyrrole nitrogens is 1. The first-order valence-electron chi connectivity index (χ1n) is 7.23. The van der Waals surface area contributed by atoms with Crippen molar-refractivity contribution >= 4 is 23.2 Å². The van der Waals surface area contributed by atoms with Gasteiger partial charge in [0.25, 0.3) is 11.5 Å². The maximum Gasteiger partial charge on any atom is 0.264 e. The van der Waals surface area contributed by atoms with Crippen LogP contribution in [0.1, 0.15) is 15.9 Å². The summed E-state index contributed by atoms with van der Waals surface area (Å²) in [4.78, 5) is 31.1. The average molecular weight is 351 g/mol. The summed E-state index contributed by atoms with van der Waals surface area (Å²) in [5.41, 5.74) is 0.976. The van der Waals surface area contributed by atoms with Crippen LogP contribution in [-0.4, -0.2) is 15.9 Å². The van der Waals surface area contributed by atoms with Crippen molar-refractivity contribution in [3.63, 3.8) is 0 Å². The molecule has 3 rings (SSSR count). The third kappa shape index (κ3) is 3.74. The van der Waals surface area contributed by atoms with Gasteiger partial charge in [-0.2, -0.15) is 5.26 Å². The van der Waals surface area contributed by atoms with Gasteiger partial charge in [-0.25, -0.2) is 4.98 Å². The number of hydrogen-bond acceptors (Lipinski definition) is 4. The van der Waals surface area contributed by atoms with Crippen LogP contribution in [0.2, 0.25) is 5.02 Å². The number of nitriles is 1. The lowest BCUT2D eigenvalue weighted by atomic mass is 10.2. The SMILES string of the molecule is N#Cc1ccc(NC(=O)c2cnc(-c3ccc(Cl)cc3)[nH]c2=O)cc1. The Kier molecular flexibility index (Phi) is 4.59. The number of nitrogens with one attached hydrogen (secondary N) is 2. The first-order chi connectivity index (χ1) is 12.1. The summed E-state index contributed by atoms with van der Waals surface area (Å²) in [6.45, 7) is 0. The van der Waals surface area contributed by atoms with E-state index >= 15 is 0 Å². The summed E-state index contributed by atoms with van der Waals surface area (Å²) in [6, 6.07) is 15.1. The molecule has 7 heteroatoms. The van der Waals surface area contributed by atoms with Gasteiger partial charge in [0.1, 0.15) is 11.4 Å². The fourth-order valence-electron chi connectivity index (χ4n) is 2.14. The van der Waals surface area contributed by atoms with Crippen molar-refractivity contribution < 1.29 is 4.79 Å². The number of carbonyl (C=O) groups excluding carboxylic acids is 1. The van der Waals surface area contributed by atoms with E-state index in [9.17, 15) is 9.59 Å². The Bertz CT molecular complexity index is 1020. The van der Waals surface area contributed by atoms with Crippen LogP contribution in [0.5, 0.6) is 0 Å². The lowest BCUT2D eigenvalue weighted by molar-refractivity contribution is 0.102. The van der Waals surface area contributed by atoms with Gasteiger partial charge >= 0.3 is 0 Å². The van der Waals surface area contributed by atoms with Gasteiger partial charge in [-0.15, -0.1) is 0 Å². The number of halogens is 1. The number of amides is 1. The summed E-state index contributed by atoms with van der Waals surface area (Å²) in [5.74, 6) is -0.238. The molecule has 2 N–H and O–H groups in total. The van der Waals surface area contributed by atoms with Crippen molar-refractivity contribution in [2.75, 3.05) is 5.32 Å². The lowest BCUT2D eigenvalue weighted by Gasteiger charge is -2.06. The molecule has 1 amide bonds. The van der Waals surface area contributed by atoms with E-state index in [4.69, 9.17) is 16.9 Å². The van der Waals surface area contributed by atoms with Crippen LogP contribution in [-0.2, 0) is 0 Å². The molecule has 1 heterocycles. The zero-order chi connectivity index (χ0) is 17.8. The maximum absolute atomic E-state index is 12.2. The fraction of sp³-hybridized carbons (Fsp3) is 0. The molecule has 122 valence electrons. The molecule has 0 saturated carbocycles. The quantitative estimate of drug-likeness (QED) is 0.757. The second kappa shape index (κ2) is 6.99. The van der Waals surface area contributed by atoms with E-state index in [2.05, 4.69) is 15.3 Å². The van der Waals surface area contributed by atoms with Gasteiger partial charge in [0.05, 0.1) is 11.6 Å². The maximum atomic E-state index is 12.2. The van der Waals surface area contributed by atoms with Crippen LogP contribution in [0.3, 0.4) is 0 Å². The van der Waals surface area contributed by atoms with Crippen LogP contribution < -0.4 is 10.9 Å². The number of anilines is 1. The van der Waals surface area contributed by atoms with Crippen molar-refractivity contribution in [1.29, 1.82) is 5.26 Å². The second-order valence-electron chi connectivity index (χ2n) is 5.12. The predicted octanol–water partition coefficient (Wildman–Crippen LogP) is 3.21. The summed E-state index contributed by atoms with van der Waals surface area (Å²) in [7, 11) is 0. The number of nitrogens with zero attached hydrogens (tertiary/aromatic N) is 2. The van der Waals surface area contributed by atoms with Gasteiger partial charge in [0.2, 0.25) is 0 Å². The Morgan fingerprint density at radius 3 is 2.40 bits per heavy atom. The Balaban J connectivity index is 1.82. The van der Waals surface area contributed by atoms with Crippen molar-refractivity contribution in [2.45, 2.75) is 0 Å². The summed E-state index contributed by atoms with van der Waals surface area (Å²) >= 11 is 5.83. The molecule has 6 nitrogen and oxygen atoms in total. The van der Waals surface area contributed by atoms with E-state index in [1.54, 1.807) is 48.5 Å². The standard InChI is InChI=1S/C18H11ClN4O2/c19-13-5-3-12(4-6-13)16-21-10-15(18(25)23-16)17(24)22-14-7-1-11(9-20)2-8-14/h1-8,10H,(H,22,24)(H,21,23,25). The molecule has 0 unspecified atom stereocenters. The molecule has 0 spiro atoms. The monoisotopic (exact) mass is 350 g/mol. The van der Waals surface area contributed by atoms with E-state index in [1.807, 2.05) is 6.07 Å². The van der Waals surface area contributed by atoms with E-state index in [0.717, 1.165) is 0 Å². The summed E-state index contributed by atoms with van der Waals surface area (Å²) in [6.07, 6.45) is 1.22. The zero-order valence-corrected chi connectivity index (χ0v) is 13.5. The van der Waals surface area contributed by atoms with Gasteiger partial charge in [-0.3, -0.25) is 9.59 Å². The van der Waals surface area contributed by atoms with Crippen LogP contribution in [0.15, 0.2) is 59.5 Å². The fourth-order valence-corrected chi connectivity index (χ4v) is 2.26. The first-order valence-corrected chi connectivity index (χ1v) is 7.61. The Hall–Kier alpha value is -3.43. The molecule has 0 aliphatic heterocycles. The number of aromatic nitrogens is 2. The van der Waals surface area contributed by atoms with E-state index in [0.29, 0.717) is 27.7 Å². The minimum Gasteiger partial charge on any atom is -0.322 e. The number of aromatic amines is 1. The number of rotatable bonds is 3. The van der Waals surface area contributed by atoms with Crippen molar-refractivity contribution in [1.82, 2.24) is 9.97 Å². The number of carbonyl (C=O) groups is 1. The van der Waals surface area contributed by atoms with Crippen LogP contribution in [0, 0.1) is 11.3 Å². The molecule has 3 aromatic rings. The Morgan fingerprint density at radius 1 is 1.12 bits per heavy atom. The Morgan fingerprint density at radius 2 is 1.80 bits per heavy atom. The molecule has 0 bridgehead atoms. The average Bonchev–Trinajstić information content (AvgIpc) is 2.62. The molecular formula is C18H11ClN4O2. The molecule has 0 fully saturated rings. The highest BCUT2D eigenvalue weighted by Crippen LogP contribution is 2.17. The Labute approximate surface area is 147 Å². The summed E-state index contributed by atoms with van der Waals surface area (Å²) < 4.78 is 0.